The Kier molecular flexibility index (Phi) is 5.72. The van der Waals surface area contributed by atoms with E-state index in [-0.39, 0.29) is 6.03 Å². The van der Waals surface area contributed by atoms with Crippen LogP contribution in [0.2, 0.25) is 0 Å². The second-order valence-electron chi connectivity index (χ2n) is 6.79. The molecule has 2 amide bonds. The van der Waals surface area contributed by atoms with Crippen molar-refractivity contribution in [2.45, 2.75) is 47.6 Å². The number of aromatic nitrogens is 6. The van der Waals surface area contributed by atoms with Gasteiger partial charge in [0.05, 0.1) is 11.4 Å². The molecule has 0 saturated heterocycles. The minimum absolute atomic E-state index is 0.241. The summed E-state index contributed by atoms with van der Waals surface area (Å²) in [6, 6.07) is 3.60. The largest absolute Gasteiger partial charge is 0.338 e. The molecule has 2 heterocycles. The van der Waals surface area contributed by atoms with Crippen LogP contribution in [-0.2, 0) is 13.0 Å². The number of aryl methyl sites for hydroxylation is 3. The molecule has 0 spiro atoms. The highest BCUT2D eigenvalue weighted by atomic mass is 16.2. The van der Waals surface area contributed by atoms with Crippen LogP contribution >= 0.6 is 0 Å². The second kappa shape index (κ2) is 8.20. The number of tetrazole rings is 1. The molecule has 1 aromatic carbocycles. The SMILES string of the molecule is CCn1nc(C)c(CCNC(=O)Nc2cc(-n3cnnn3)cc(C)c2C)c1C. The normalized spacial score (nSPS) is 10.9. The van der Waals surface area contributed by atoms with Crippen LogP contribution < -0.4 is 10.6 Å². The Hall–Kier alpha value is -3.23. The van der Waals surface area contributed by atoms with Crippen molar-refractivity contribution in [3.8, 4) is 5.69 Å². The van der Waals surface area contributed by atoms with E-state index in [1.807, 2.05) is 37.6 Å². The van der Waals surface area contributed by atoms with Gasteiger partial charge in [-0.25, -0.2) is 9.48 Å². The Morgan fingerprint density at radius 2 is 1.96 bits per heavy atom. The molecular formula is C19H26N8O. The van der Waals surface area contributed by atoms with Crippen molar-refractivity contribution in [1.82, 2.24) is 35.3 Å². The third kappa shape index (κ3) is 4.03. The first-order valence-corrected chi connectivity index (χ1v) is 9.33. The Morgan fingerprint density at radius 1 is 1.18 bits per heavy atom. The summed E-state index contributed by atoms with van der Waals surface area (Å²) in [5.41, 5.74) is 6.93. The highest BCUT2D eigenvalue weighted by Crippen LogP contribution is 2.23. The molecule has 0 atom stereocenters. The Labute approximate surface area is 164 Å². The van der Waals surface area contributed by atoms with Crippen molar-refractivity contribution >= 4 is 11.7 Å². The van der Waals surface area contributed by atoms with Crippen LogP contribution in [0, 0.1) is 27.7 Å². The smallest absolute Gasteiger partial charge is 0.319 e. The predicted octanol–water partition coefficient (Wildman–Crippen LogP) is 2.48. The van der Waals surface area contributed by atoms with Gasteiger partial charge in [-0.05, 0) is 80.3 Å². The van der Waals surface area contributed by atoms with Gasteiger partial charge in [0.1, 0.15) is 6.33 Å². The maximum Gasteiger partial charge on any atom is 0.319 e. The standard InChI is InChI=1S/C19H26N8O/c1-6-26-15(5)17(14(4)23-26)7-8-20-19(28)22-18-10-16(9-12(2)13(18)3)27-11-21-24-25-27/h9-11H,6-8H2,1-5H3,(H2,20,22,28). The lowest BCUT2D eigenvalue weighted by Gasteiger charge is -2.14. The van der Waals surface area contributed by atoms with Gasteiger partial charge < -0.3 is 10.6 Å². The molecule has 0 aliphatic heterocycles. The maximum absolute atomic E-state index is 12.4. The van der Waals surface area contributed by atoms with E-state index in [9.17, 15) is 4.79 Å². The molecule has 0 radical (unpaired) electrons. The van der Waals surface area contributed by atoms with E-state index < -0.39 is 0 Å². The van der Waals surface area contributed by atoms with Gasteiger partial charge in [-0.3, -0.25) is 4.68 Å². The van der Waals surface area contributed by atoms with Crippen LogP contribution in [0.15, 0.2) is 18.5 Å². The van der Waals surface area contributed by atoms with E-state index in [2.05, 4.69) is 45.1 Å². The second-order valence-corrected chi connectivity index (χ2v) is 6.79. The first-order chi connectivity index (χ1) is 13.4. The average Bonchev–Trinajstić information content (AvgIpc) is 3.29. The lowest BCUT2D eigenvalue weighted by Crippen LogP contribution is -2.31. The fraction of sp³-hybridized carbons (Fsp3) is 0.421. The first kappa shape index (κ1) is 19.5. The van der Waals surface area contributed by atoms with E-state index in [0.717, 1.165) is 46.9 Å². The summed E-state index contributed by atoms with van der Waals surface area (Å²) >= 11 is 0. The summed E-state index contributed by atoms with van der Waals surface area (Å²) in [6.45, 7) is 11.5. The molecular weight excluding hydrogens is 356 g/mol. The lowest BCUT2D eigenvalue weighted by atomic mass is 10.1. The van der Waals surface area contributed by atoms with Gasteiger partial charge in [0.15, 0.2) is 0 Å². The van der Waals surface area contributed by atoms with E-state index in [0.29, 0.717) is 6.54 Å². The number of nitrogens with one attached hydrogen (secondary N) is 2. The molecule has 148 valence electrons. The number of carbonyl (C=O) groups is 1. The number of urea groups is 1. The van der Waals surface area contributed by atoms with Crippen LogP contribution in [0.1, 0.15) is 35.0 Å². The molecule has 3 rings (SSSR count). The lowest BCUT2D eigenvalue weighted by molar-refractivity contribution is 0.252. The number of benzene rings is 1. The van der Waals surface area contributed by atoms with Gasteiger partial charge in [0, 0.05) is 24.5 Å². The third-order valence-electron chi connectivity index (χ3n) is 5.01. The summed E-state index contributed by atoms with van der Waals surface area (Å²) in [7, 11) is 0. The molecule has 0 unspecified atom stereocenters. The van der Waals surface area contributed by atoms with Crippen LogP contribution in [-0.4, -0.2) is 42.6 Å². The number of anilines is 1. The first-order valence-electron chi connectivity index (χ1n) is 9.33. The number of nitrogens with zero attached hydrogens (tertiary/aromatic N) is 6. The van der Waals surface area contributed by atoms with Crippen molar-refractivity contribution in [2.24, 2.45) is 0 Å². The van der Waals surface area contributed by atoms with Crippen molar-refractivity contribution in [3.05, 3.63) is 46.5 Å². The summed E-state index contributed by atoms with van der Waals surface area (Å²) < 4.78 is 3.55. The Morgan fingerprint density at radius 3 is 2.61 bits per heavy atom. The van der Waals surface area contributed by atoms with Crippen molar-refractivity contribution in [2.75, 3.05) is 11.9 Å². The van der Waals surface area contributed by atoms with Crippen molar-refractivity contribution in [1.29, 1.82) is 0 Å². The molecule has 0 aliphatic rings. The summed E-state index contributed by atoms with van der Waals surface area (Å²) in [5.74, 6) is 0. The minimum Gasteiger partial charge on any atom is -0.338 e. The zero-order valence-corrected chi connectivity index (χ0v) is 16.9. The highest BCUT2D eigenvalue weighted by molar-refractivity contribution is 5.90. The monoisotopic (exact) mass is 382 g/mol. The molecule has 0 bridgehead atoms. The van der Waals surface area contributed by atoms with Crippen LogP contribution in [0.5, 0.6) is 0 Å². The maximum atomic E-state index is 12.4. The molecule has 3 aromatic rings. The number of hydrogen-bond donors (Lipinski definition) is 2. The van der Waals surface area contributed by atoms with Gasteiger partial charge in [-0.1, -0.05) is 0 Å². The predicted molar refractivity (Wildman–Crippen MR) is 107 cm³/mol. The highest BCUT2D eigenvalue weighted by Gasteiger charge is 2.12. The Bertz CT molecular complexity index is 974. The quantitative estimate of drug-likeness (QED) is 0.682. The zero-order chi connectivity index (χ0) is 20.3. The molecule has 0 fully saturated rings. The zero-order valence-electron chi connectivity index (χ0n) is 16.9. The topological polar surface area (TPSA) is 103 Å². The average molecular weight is 382 g/mol. The molecule has 2 N–H and O–H groups in total. The fourth-order valence-corrected chi connectivity index (χ4v) is 3.25. The molecule has 28 heavy (non-hydrogen) atoms. The number of rotatable bonds is 6. The molecule has 0 saturated carbocycles. The third-order valence-corrected chi connectivity index (χ3v) is 5.01. The molecule has 2 aromatic heterocycles. The molecule has 9 nitrogen and oxygen atoms in total. The van der Waals surface area contributed by atoms with Gasteiger partial charge in [0.25, 0.3) is 0 Å². The van der Waals surface area contributed by atoms with Crippen molar-refractivity contribution < 1.29 is 4.79 Å². The number of amides is 2. The number of hydrogen-bond acceptors (Lipinski definition) is 5. The Balaban J connectivity index is 1.65. The van der Waals surface area contributed by atoms with Crippen LogP contribution in [0.4, 0.5) is 10.5 Å². The van der Waals surface area contributed by atoms with Crippen LogP contribution in [0.3, 0.4) is 0 Å². The van der Waals surface area contributed by atoms with Gasteiger partial charge in [-0.15, -0.1) is 5.10 Å². The van der Waals surface area contributed by atoms with Gasteiger partial charge >= 0.3 is 6.03 Å². The van der Waals surface area contributed by atoms with Crippen molar-refractivity contribution in [3.63, 3.8) is 0 Å². The van der Waals surface area contributed by atoms with E-state index >= 15 is 0 Å². The fourth-order valence-electron chi connectivity index (χ4n) is 3.25. The summed E-state index contributed by atoms with van der Waals surface area (Å²) in [6.07, 6.45) is 2.27. The van der Waals surface area contributed by atoms with E-state index in [4.69, 9.17) is 0 Å². The van der Waals surface area contributed by atoms with E-state index in [1.165, 1.54) is 11.9 Å². The van der Waals surface area contributed by atoms with Gasteiger partial charge in [0.2, 0.25) is 0 Å². The summed E-state index contributed by atoms with van der Waals surface area (Å²) in [5, 5.41) is 21.6. The van der Waals surface area contributed by atoms with Crippen LogP contribution in [0.25, 0.3) is 5.69 Å². The molecule has 0 aliphatic carbocycles. The van der Waals surface area contributed by atoms with E-state index in [1.54, 1.807) is 4.68 Å². The van der Waals surface area contributed by atoms with Gasteiger partial charge in [-0.2, -0.15) is 5.10 Å². The number of carbonyl (C=O) groups excluding carboxylic acids is 1. The minimum atomic E-state index is -0.241. The summed E-state index contributed by atoms with van der Waals surface area (Å²) in [4.78, 5) is 12.4. The molecule has 9 heteroatoms.